The van der Waals surface area contributed by atoms with Crippen molar-refractivity contribution in [2.75, 3.05) is 31.2 Å². The molecule has 2 amide bonds. The van der Waals surface area contributed by atoms with Crippen molar-refractivity contribution in [2.45, 2.75) is 31.7 Å². The van der Waals surface area contributed by atoms with Gasteiger partial charge in [-0.1, -0.05) is 6.58 Å². The maximum atomic E-state index is 12.9. The highest BCUT2D eigenvalue weighted by Gasteiger charge is 2.39. The van der Waals surface area contributed by atoms with Gasteiger partial charge in [0.1, 0.15) is 0 Å². The highest BCUT2D eigenvalue weighted by atomic mass is 16.5. The van der Waals surface area contributed by atoms with E-state index in [1.54, 1.807) is 4.90 Å². The van der Waals surface area contributed by atoms with Crippen molar-refractivity contribution >= 4 is 17.5 Å². The molecule has 2 unspecified atom stereocenters. The minimum atomic E-state index is -0.0796. The maximum Gasteiger partial charge on any atom is 0.254 e. The van der Waals surface area contributed by atoms with Gasteiger partial charge in [0.25, 0.3) is 5.91 Å². The fraction of sp³-hybridized carbons (Fsp3) is 0.500. The highest BCUT2D eigenvalue weighted by Crippen LogP contribution is 2.33. The molecule has 1 aromatic carbocycles. The number of likely N-dealkylation sites (tertiary alicyclic amines) is 1. The van der Waals surface area contributed by atoms with Crippen LogP contribution >= 0.6 is 0 Å². The van der Waals surface area contributed by atoms with Crippen LogP contribution in [0.2, 0.25) is 0 Å². The third kappa shape index (κ3) is 2.86. The van der Waals surface area contributed by atoms with Crippen molar-refractivity contribution in [2.24, 2.45) is 5.92 Å². The number of rotatable bonds is 3. The fourth-order valence-electron chi connectivity index (χ4n) is 4.24. The number of ether oxygens (including phenoxy) is 1. The Morgan fingerprint density at radius 3 is 2.80 bits per heavy atom. The average Bonchev–Trinajstić information content (AvgIpc) is 3.12. The lowest BCUT2D eigenvalue weighted by Crippen LogP contribution is -2.54. The molecule has 0 spiro atoms. The number of carbonyl (C=O) groups excluding carboxylic acids is 2. The lowest BCUT2D eigenvalue weighted by atomic mass is 9.87. The van der Waals surface area contributed by atoms with E-state index in [4.69, 9.17) is 4.74 Å². The molecular weight excluding hydrogens is 316 g/mol. The van der Waals surface area contributed by atoms with E-state index in [0.29, 0.717) is 18.5 Å². The van der Waals surface area contributed by atoms with Gasteiger partial charge in [-0.3, -0.25) is 9.59 Å². The van der Waals surface area contributed by atoms with E-state index in [1.807, 2.05) is 23.1 Å². The van der Waals surface area contributed by atoms with Crippen molar-refractivity contribution < 1.29 is 14.3 Å². The zero-order valence-corrected chi connectivity index (χ0v) is 14.4. The molecule has 0 radical (unpaired) electrons. The molecular formula is C20H24N2O3. The summed E-state index contributed by atoms with van der Waals surface area (Å²) in [5, 5.41) is 0. The summed E-state index contributed by atoms with van der Waals surface area (Å²) in [5.41, 5.74) is 2.72. The summed E-state index contributed by atoms with van der Waals surface area (Å²) in [7, 11) is 0. The first-order valence-electron chi connectivity index (χ1n) is 9.14. The molecule has 0 N–H and O–H groups in total. The topological polar surface area (TPSA) is 49.9 Å². The van der Waals surface area contributed by atoms with E-state index < -0.39 is 0 Å². The number of benzene rings is 1. The summed E-state index contributed by atoms with van der Waals surface area (Å²) in [6.07, 6.45) is 5.29. The number of hydrogen-bond acceptors (Lipinski definition) is 3. The van der Waals surface area contributed by atoms with Gasteiger partial charge in [0.2, 0.25) is 5.91 Å². The van der Waals surface area contributed by atoms with Crippen LogP contribution in [0.5, 0.6) is 0 Å². The largest absolute Gasteiger partial charge is 0.381 e. The number of carbonyl (C=O) groups is 2. The van der Waals surface area contributed by atoms with Crippen LogP contribution in [-0.4, -0.2) is 49.1 Å². The summed E-state index contributed by atoms with van der Waals surface area (Å²) in [4.78, 5) is 28.7. The molecule has 5 heteroatoms. The maximum absolute atomic E-state index is 12.9. The summed E-state index contributed by atoms with van der Waals surface area (Å²) >= 11 is 0. The molecule has 4 rings (SSSR count). The zero-order valence-electron chi connectivity index (χ0n) is 14.4. The molecule has 0 aliphatic carbocycles. The Labute approximate surface area is 148 Å². The molecule has 2 atom stereocenters. The smallest absolute Gasteiger partial charge is 0.254 e. The Balaban J connectivity index is 1.54. The number of hydrogen-bond donors (Lipinski definition) is 0. The Morgan fingerprint density at radius 2 is 2.12 bits per heavy atom. The van der Waals surface area contributed by atoms with Gasteiger partial charge in [0.15, 0.2) is 0 Å². The van der Waals surface area contributed by atoms with Gasteiger partial charge in [-0.05, 0) is 55.5 Å². The van der Waals surface area contributed by atoms with Crippen LogP contribution in [0.1, 0.15) is 35.2 Å². The minimum absolute atomic E-state index is 0.0796. The van der Waals surface area contributed by atoms with Crippen LogP contribution < -0.4 is 4.90 Å². The molecule has 132 valence electrons. The standard InChI is InChI=1S/C20H24N2O3/c1-2-19(23)21-9-3-4-14-12-15(5-6-17(14)21)20(24)22-10-7-18(22)16-8-11-25-13-16/h2,5-6,12,16,18H,1,3-4,7-11,13H2. The van der Waals surface area contributed by atoms with Gasteiger partial charge < -0.3 is 14.5 Å². The van der Waals surface area contributed by atoms with Gasteiger partial charge in [-0.15, -0.1) is 0 Å². The number of anilines is 1. The second-order valence-electron chi connectivity index (χ2n) is 7.12. The van der Waals surface area contributed by atoms with Gasteiger partial charge in [0, 0.05) is 42.9 Å². The van der Waals surface area contributed by atoms with Gasteiger partial charge in [-0.2, -0.15) is 0 Å². The van der Waals surface area contributed by atoms with Crippen LogP contribution in [0.25, 0.3) is 0 Å². The third-order valence-corrected chi connectivity index (χ3v) is 5.72. The number of fused-ring (bicyclic) bond motifs is 1. The van der Waals surface area contributed by atoms with E-state index in [0.717, 1.165) is 62.3 Å². The van der Waals surface area contributed by atoms with E-state index in [1.165, 1.54) is 6.08 Å². The van der Waals surface area contributed by atoms with Crippen LogP contribution in [0.15, 0.2) is 30.9 Å². The van der Waals surface area contributed by atoms with Crippen molar-refractivity contribution in [1.82, 2.24) is 4.90 Å². The summed E-state index contributed by atoms with van der Waals surface area (Å²) in [5.74, 6) is 0.512. The molecule has 0 saturated carbocycles. The predicted molar refractivity (Wildman–Crippen MR) is 95.7 cm³/mol. The molecule has 25 heavy (non-hydrogen) atoms. The van der Waals surface area contributed by atoms with E-state index in [-0.39, 0.29) is 11.8 Å². The lowest BCUT2D eigenvalue weighted by Gasteiger charge is -2.44. The molecule has 0 bridgehead atoms. The van der Waals surface area contributed by atoms with Crippen LogP contribution in [0.3, 0.4) is 0 Å². The van der Waals surface area contributed by atoms with Crippen molar-refractivity contribution in [3.63, 3.8) is 0 Å². The highest BCUT2D eigenvalue weighted by molar-refractivity contribution is 6.02. The molecule has 1 aromatic rings. The second-order valence-corrected chi connectivity index (χ2v) is 7.12. The van der Waals surface area contributed by atoms with E-state index >= 15 is 0 Å². The quantitative estimate of drug-likeness (QED) is 0.794. The average molecular weight is 340 g/mol. The number of amides is 2. The number of aryl methyl sites for hydroxylation is 1. The molecule has 3 heterocycles. The van der Waals surface area contributed by atoms with Gasteiger partial charge in [0.05, 0.1) is 6.61 Å². The minimum Gasteiger partial charge on any atom is -0.381 e. The number of nitrogens with zero attached hydrogens (tertiary/aromatic N) is 2. The lowest BCUT2D eigenvalue weighted by molar-refractivity contribution is -0.114. The first-order valence-corrected chi connectivity index (χ1v) is 9.14. The Kier molecular flexibility index (Phi) is 4.34. The Morgan fingerprint density at radius 1 is 1.24 bits per heavy atom. The summed E-state index contributed by atoms with van der Waals surface area (Å²) in [6, 6.07) is 6.07. The molecule has 2 fully saturated rings. The van der Waals surface area contributed by atoms with Crippen LogP contribution in [-0.2, 0) is 16.0 Å². The first kappa shape index (κ1) is 16.3. The zero-order chi connectivity index (χ0) is 17.4. The summed E-state index contributed by atoms with van der Waals surface area (Å²) < 4.78 is 5.48. The van der Waals surface area contributed by atoms with Crippen molar-refractivity contribution in [1.29, 1.82) is 0 Å². The fourth-order valence-corrected chi connectivity index (χ4v) is 4.24. The Hall–Kier alpha value is -2.14. The molecule has 0 aromatic heterocycles. The molecule has 5 nitrogen and oxygen atoms in total. The first-order chi connectivity index (χ1) is 12.2. The molecule has 2 saturated heterocycles. The van der Waals surface area contributed by atoms with E-state index in [2.05, 4.69) is 6.58 Å². The summed E-state index contributed by atoms with van der Waals surface area (Å²) in [6.45, 7) is 6.71. The SMILES string of the molecule is C=CC(=O)N1CCCc2cc(C(=O)N3CCC3C3CCOC3)ccc21. The van der Waals surface area contributed by atoms with Crippen LogP contribution in [0, 0.1) is 5.92 Å². The monoisotopic (exact) mass is 340 g/mol. The normalized spacial score (nSPS) is 25.3. The Bertz CT molecular complexity index is 709. The molecule has 3 aliphatic rings. The third-order valence-electron chi connectivity index (χ3n) is 5.72. The van der Waals surface area contributed by atoms with Gasteiger partial charge >= 0.3 is 0 Å². The van der Waals surface area contributed by atoms with Gasteiger partial charge in [-0.25, -0.2) is 0 Å². The predicted octanol–water partition coefficient (Wildman–Crippen LogP) is 2.40. The second kappa shape index (κ2) is 6.64. The van der Waals surface area contributed by atoms with Crippen LogP contribution in [0.4, 0.5) is 5.69 Å². The van der Waals surface area contributed by atoms with E-state index in [9.17, 15) is 9.59 Å². The molecule has 3 aliphatic heterocycles. The van der Waals surface area contributed by atoms with Crippen molar-refractivity contribution in [3.8, 4) is 0 Å². The van der Waals surface area contributed by atoms with Crippen molar-refractivity contribution in [3.05, 3.63) is 42.0 Å².